The Bertz CT molecular complexity index is 439. The van der Waals surface area contributed by atoms with E-state index in [4.69, 9.17) is 0 Å². The van der Waals surface area contributed by atoms with Gasteiger partial charge in [0, 0.05) is 6.92 Å². The molecule has 0 heterocycles. The Morgan fingerprint density at radius 1 is 1.20 bits per heavy atom. The van der Waals surface area contributed by atoms with Crippen molar-refractivity contribution in [1.82, 2.24) is 4.72 Å². The van der Waals surface area contributed by atoms with Gasteiger partial charge in [-0.1, -0.05) is 17.7 Å². The second-order valence-electron chi connectivity index (χ2n) is 2.97. The standard InChI is InChI=1S/C9H11NO3S.K.H/c1-7-3-5-9(6-4-7)14(12,13)10-8(2)11;;/h3-6H,1-2H3,(H,10,11);;. The molecule has 6 heteroatoms. The molecule has 1 aromatic carbocycles. The Morgan fingerprint density at radius 2 is 1.67 bits per heavy atom. The Kier molecular flexibility index (Phi) is 6.23. The predicted octanol–water partition coefficient (Wildman–Crippen LogP) is 0.171. The molecule has 1 N–H and O–H groups in total. The van der Waals surface area contributed by atoms with Gasteiger partial charge in [-0.2, -0.15) is 0 Å². The summed E-state index contributed by atoms with van der Waals surface area (Å²) in [7, 11) is -3.68. The number of carbonyl (C=O) groups excluding carboxylic acids is 1. The number of sulfonamides is 1. The van der Waals surface area contributed by atoms with Gasteiger partial charge in [0.2, 0.25) is 5.91 Å². The van der Waals surface area contributed by atoms with E-state index in [9.17, 15) is 13.2 Å². The number of hydrogen-bond donors (Lipinski definition) is 1. The van der Waals surface area contributed by atoms with Crippen LogP contribution in [0.5, 0.6) is 0 Å². The zero-order chi connectivity index (χ0) is 10.8. The van der Waals surface area contributed by atoms with Gasteiger partial charge in [-0.05, 0) is 19.1 Å². The van der Waals surface area contributed by atoms with Crippen molar-refractivity contribution in [2.45, 2.75) is 18.7 Å². The first-order valence-electron chi connectivity index (χ1n) is 4.02. The summed E-state index contributed by atoms with van der Waals surface area (Å²) in [6.07, 6.45) is 0. The summed E-state index contributed by atoms with van der Waals surface area (Å²) in [4.78, 5) is 10.7. The molecule has 0 atom stereocenters. The fourth-order valence-corrected chi connectivity index (χ4v) is 1.96. The molecule has 0 saturated heterocycles. The van der Waals surface area contributed by atoms with Crippen LogP contribution in [0.1, 0.15) is 12.5 Å². The van der Waals surface area contributed by atoms with Crippen molar-refractivity contribution < 1.29 is 13.2 Å². The number of amides is 1. The molecule has 0 bridgehead atoms. The fourth-order valence-electron chi connectivity index (χ4n) is 0.966. The first-order chi connectivity index (χ1) is 6.42. The van der Waals surface area contributed by atoms with Crippen LogP contribution < -0.4 is 4.72 Å². The summed E-state index contributed by atoms with van der Waals surface area (Å²) in [5.74, 6) is -0.592. The number of benzene rings is 1. The van der Waals surface area contributed by atoms with E-state index < -0.39 is 15.9 Å². The van der Waals surface area contributed by atoms with Crippen LogP contribution in [0.2, 0.25) is 0 Å². The van der Waals surface area contributed by atoms with E-state index in [2.05, 4.69) is 0 Å². The molecule has 0 aliphatic heterocycles. The summed E-state index contributed by atoms with van der Waals surface area (Å²) in [5, 5.41) is 0. The van der Waals surface area contributed by atoms with Crippen LogP contribution in [0.25, 0.3) is 0 Å². The maximum atomic E-state index is 11.4. The van der Waals surface area contributed by atoms with Gasteiger partial charge in [-0.15, -0.1) is 0 Å². The van der Waals surface area contributed by atoms with Crippen LogP contribution in [-0.2, 0) is 14.8 Å². The molecule has 0 saturated carbocycles. The summed E-state index contributed by atoms with van der Waals surface area (Å²) in [6, 6.07) is 6.27. The van der Waals surface area contributed by atoms with Crippen LogP contribution in [0.15, 0.2) is 29.2 Å². The third kappa shape index (κ3) is 4.75. The number of nitrogens with one attached hydrogen (secondary N) is 1. The molecule has 1 amide bonds. The Labute approximate surface area is 132 Å². The third-order valence-corrected chi connectivity index (χ3v) is 3.06. The second kappa shape index (κ2) is 6.12. The van der Waals surface area contributed by atoms with E-state index in [-0.39, 0.29) is 56.3 Å². The molecule has 0 aliphatic rings. The predicted molar refractivity (Wildman–Crippen MR) is 59.3 cm³/mol. The van der Waals surface area contributed by atoms with Crippen LogP contribution >= 0.6 is 0 Å². The van der Waals surface area contributed by atoms with Crippen molar-refractivity contribution >= 4 is 67.3 Å². The maximum absolute atomic E-state index is 11.4. The SMILES string of the molecule is CC(=O)NS(=O)(=O)c1ccc(C)cc1.[KH]. The topological polar surface area (TPSA) is 63.2 Å². The molecule has 0 unspecified atom stereocenters. The number of hydrogen-bond acceptors (Lipinski definition) is 3. The minimum atomic E-state index is -3.68. The van der Waals surface area contributed by atoms with Gasteiger partial charge in [0.15, 0.2) is 0 Å². The van der Waals surface area contributed by atoms with Crippen molar-refractivity contribution in [3.05, 3.63) is 29.8 Å². The van der Waals surface area contributed by atoms with Crippen molar-refractivity contribution in [3.63, 3.8) is 0 Å². The molecule has 1 aromatic rings. The monoisotopic (exact) mass is 253 g/mol. The molecule has 0 aromatic heterocycles. The van der Waals surface area contributed by atoms with Crippen molar-refractivity contribution in [3.8, 4) is 0 Å². The van der Waals surface area contributed by atoms with E-state index in [1.54, 1.807) is 12.1 Å². The molecule has 0 radical (unpaired) electrons. The van der Waals surface area contributed by atoms with E-state index in [0.29, 0.717) is 0 Å². The molecular weight excluding hydrogens is 241 g/mol. The second-order valence-corrected chi connectivity index (χ2v) is 4.66. The Balaban J connectivity index is 0.00000196. The minimum absolute atomic E-state index is 0. The van der Waals surface area contributed by atoms with Crippen LogP contribution in [0.3, 0.4) is 0 Å². The first kappa shape index (κ1) is 15.3. The average molecular weight is 253 g/mol. The van der Waals surface area contributed by atoms with Crippen molar-refractivity contribution in [2.75, 3.05) is 0 Å². The number of aryl methyl sites for hydroxylation is 1. The molecule has 0 fully saturated rings. The Morgan fingerprint density at radius 3 is 2.07 bits per heavy atom. The summed E-state index contributed by atoms with van der Waals surface area (Å²) >= 11 is 0. The van der Waals surface area contributed by atoms with Crippen LogP contribution in [0, 0.1) is 6.92 Å². The van der Waals surface area contributed by atoms with Crippen LogP contribution in [-0.4, -0.2) is 65.7 Å². The van der Waals surface area contributed by atoms with E-state index in [1.807, 2.05) is 11.6 Å². The normalized spacial score (nSPS) is 10.3. The van der Waals surface area contributed by atoms with Gasteiger partial charge in [0.1, 0.15) is 0 Å². The van der Waals surface area contributed by atoms with E-state index in [0.717, 1.165) is 12.5 Å². The quantitative estimate of drug-likeness (QED) is 0.764. The third-order valence-electron chi connectivity index (χ3n) is 1.61. The van der Waals surface area contributed by atoms with Gasteiger partial charge in [0.05, 0.1) is 4.90 Å². The summed E-state index contributed by atoms with van der Waals surface area (Å²) in [5.41, 5.74) is 0.965. The van der Waals surface area contributed by atoms with Gasteiger partial charge in [-0.25, -0.2) is 13.1 Å². The van der Waals surface area contributed by atoms with Gasteiger partial charge < -0.3 is 0 Å². The molecular formula is C9H12KNO3S. The van der Waals surface area contributed by atoms with E-state index >= 15 is 0 Å². The molecule has 15 heavy (non-hydrogen) atoms. The molecule has 0 spiro atoms. The van der Waals surface area contributed by atoms with Gasteiger partial charge in [-0.3, -0.25) is 4.79 Å². The molecule has 78 valence electrons. The molecule has 0 aliphatic carbocycles. The zero-order valence-electron chi connectivity index (χ0n) is 7.94. The molecule has 1 rings (SSSR count). The Hall–Kier alpha value is 0.276. The summed E-state index contributed by atoms with van der Waals surface area (Å²) in [6.45, 7) is 3.01. The number of carbonyl (C=O) groups is 1. The van der Waals surface area contributed by atoms with Gasteiger partial charge in [0.25, 0.3) is 10.0 Å². The number of rotatable bonds is 2. The first-order valence-corrected chi connectivity index (χ1v) is 5.50. The summed E-state index contributed by atoms with van der Waals surface area (Å²) < 4.78 is 24.7. The van der Waals surface area contributed by atoms with Crippen molar-refractivity contribution in [2.24, 2.45) is 0 Å². The van der Waals surface area contributed by atoms with Gasteiger partial charge >= 0.3 is 51.4 Å². The average Bonchev–Trinajstić information content (AvgIpc) is 2.02. The zero-order valence-corrected chi connectivity index (χ0v) is 8.76. The molecule has 4 nitrogen and oxygen atoms in total. The van der Waals surface area contributed by atoms with Crippen LogP contribution in [0.4, 0.5) is 0 Å². The van der Waals surface area contributed by atoms with E-state index in [1.165, 1.54) is 12.1 Å². The van der Waals surface area contributed by atoms with Crippen molar-refractivity contribution in [1.29, 1.82) is 0 Å². The fraction of sp³-hybridized carbons (Fsp3) is 0.222.